The first-order valence-electron chi connectivity index (χ1n) is 11.2. The Hall–Kier alpha value is -4.12. The minimum absolute atomic E-state index is 0.110. The standard InChI is InChI=1S/C29H25NO4/c1-4-13-33-22-12-8-11-21(16-22)26-25-27(31)23-14-18(2)19(3)15-24(23)34-28(25)29(32)30(26)17-20-9-6-5-7-10-20/h4-12,14-16,26H,1,13,17H2,2-3H3. The predicted molar refractivity (Wildman–Crippen MR) is 132 cm³/mol. The number of carbonyl (C=O) groups is 1. The summed E-state index contributed by atoms with van der Waals surface area (Å²) in [4.78, 5) is 29.1. The van der Waals surface area contributed by atoms with Crippen LogP contribution in [0.1, 0.15) is 44.4 Å². The van der Waals surface area contributed by atoms with Crippen LogP contribution in [-0.4, -0.2) is 17.4 Å². The van der Waals surface area contributed by atoms with Crippen LogP contribution in [0.4, 0.5) is 0 Å². The van der Waals surface area contributed by atoms with E-state index < -0.39 is 6.04 Å². The molecule has 1 aliphatic rings. The van der Waals surface area contributed by atoms with E-state index in [0.29, 0.717) is 35.4 Å². The molecule has 1 unspecified atom stereocenters. The summed E-state index contributed by atoms with van der Waals surface area (Å²) in [6.45, 7) is 8.33. The Labute approximate surface area is 197 Å². The molecule has 1 aromatic heterocycles. The molecule has 0 radical (unpaired) electrons. The van der Waals surface area contributed by atoms with Gasteiger partial charge in [-0.2, -0.15) is 0 Å². The highest BCUT2D eigenvalue weighted by atomic mass is 16.5. The number of fused-ring (bicyclic) bond motifs is 2. The number of hydrogen-bond acceptors (Lipinski definition) is 4. The molecule has 0 fully saturated rings. The maximum absolute atomic E-state index is 13.8. The SMILES string of the molecule is C=CCOc1cccc(C2c3c(oc4cc(C)c(C)cc4c3=O)C(=O)N2Cc2ccccc2)c1. The monoisotopic (exact) mass is 451 g/mol. The van der Waals surface area contributed by atoms with Crippen molar-refractivity contribution >= 4 is 16.9 Å². The zero-order valence-electron chi connectivity index (χ0n) is 19.2. The second kappa shape index (κ2) is 8.67. The zero-order chi connectivity index (χ0) is 23.8. The Bertz CT molecular complexity index is 1470. The van der Waals surface area contributed by atoms with Crippen molar-refractivity contribution in [2.45, 2.75) is 26.4 Å². The summed E-state index contributed by atoms with van der Waals surface area (Å²) in [5, 5.41) is 0.486. The molecule has 1 aliphatic heterocycles. The highest BCUT2D eigenvalue weighted by molar-refractivity contribution is 5.99. The van der Waals surface area contributed by atoms with Gasteiger partial charge in [-0.1, -0.05) is 55.1 Å². The van der Waals surface area contributed by atoms with E-state index in [1.54, 1.807) is 11.0 Å². The molecule has 0 aliphatic carbocycles. The van der Waals surface area contributed by atoms with E-state index in [-0.39, 0.29) is 17.1 Å². The molecule has 0 N–H and O–H groups in total. The van der Waals surface area contributed by atoms with E-state index in [1.165, 1.54) is 0 Å². The average molecular weight is 452 g/mol. The fourth-order valence-corrected chi connectivity index (χ4v) is 4.49. The normalized spacial score (nSPS) is 14.9. The minimum atomic E-state index is -0.586. The first-order valence-corrected chi connectivity index (χ1v) is 11.2. The van der Waals surface area contributed by atoms with Crippen LogP contribution in [0.15, 0.2) is 88.6 Å². The number of benzene rings is 3. The smallest absolute Gasteiger partial charge is 0.291 e. The number of carbonyl (C=O) groups excluding carboxylic acids is 1. The summed E-state index contributed by atoms with van der Waals surface area (Å²) >= 11 is 0. The molecule has 0 saturated carbocycles. The molecule has 5 rings (SSSR count). The van der Waals surface area contributed by atoms with E-state index in [2.05, 4.69) is 6.58 Å². The van der Waals surface area contributed by atoms with Gasteiger partial charge in [0.1, 0.15) is 17.9 Å². The van der Waals surface area contributed by atoms with Gasteiger partial charge >= 0.3 is 0 Å². The molecule has 4 aromatic rings. The van der Waals surface area contributed by atoms with E-state index in [9.17, 15) is 9.59 Å². The third-order valence-electron chi connectivity index (χ3n) is 6.32. The largest absolute Gasteiger partial charge is 0.490 e. The Morgan fingerprint density at radius 2 is 1.76 bits per heavy atom. The van der Waals surface area contributed by atoms with Gasteiger partial charge in [-0.05, 0) is 60.4 Å². The van der Waals surface area contributed by atoms with Crippen LogP contribution in [0.3, 0.4) is 0 Å². The van der Waals surface area contributed by atoms with Crippen LogP contribution in [0.2, 0.25) is 0 Å². The highest BCUT2D eigenvalue weighted by Crippen LogP contribution is 2.40. The Kier molecular flexibility index (Phi) is 5.54. The first-order chi connectivity index (χ1) is 16.5. The Balaban J connectivity index is 1.71. The lowest BCUT2D eigenvalue weighted by Crippen LogP contribution is -2.29. The number of ether oxygens (including phenoxy) is 1. The van der Waals surface area contributed by atoms with Gasteiger partial charge in [-0.15, -0.1) is 0 Å². The van der Waals surface area contributed by atoms with Crippen molar-refractivity contribution in [1.82, 2.24) is 4.90 Å². The van der Waals surface area contributed by atoms with Gasteiger partial charge in [0.2, 0.25) is 5.76 Å². The lowest BCUT2D eigenvalue weighted by molar-refractivity contribution is 0.0714. The molecular formula is C29H25NO4. The van der Waals surface area contributed by atoms with Crippen molar-refractivity contribution in [3.05, 3.63) is 123 Å². The average Bonchev–Trinajstić information content (AvgIpc) is 3.11. The summed E-state index contributed by atoms with van der Waals surface area (Å²) in [7, 11) is 0. The third kappa shape index (κ3) is 3.69. The minimum Gasteiger partial charge on any atom is -0.490 e. The zero-order valence-corrected chi connectivity index (χ0v) is 19.2. The van der Waals surface area contributed by atoms with Crippen LogP contribution in [0.5, 0.6) is 5.75 Å². The third-order valence-corrected chi connectivity index (χ3v) is 6.32. The van der Waals surface area contributed by atoms with Crippen LogP contribution in [-0.2, 0) is 6.54 Å². The van der Waals surface area contributed by atoms with Crippen molar-refractivity contribution in [1.29, 1.82) is 0 Å². The summed E-state index contributed by atoms with van der Waals surface area (Å²) < 4.78 is 11.8. The van der Waals surface area contributed by atoms with E-state index >= 15 is 0 Å². The van der Waals surface area contributed by atoms with Crippen LogP contribution < -0.4 is 10.2 Å². The van der Waals surface area contributed by atoms with Gasteiger partial charge in [0.25, 0.3) is 5.91 Å². The van der Waals surface area contributed by atoms with Crippen molar-refractivity contribution in [3.63, 3.8) is 0 Å². The Morgan fingerprint density at radius 1 is 1.00 bits per heavy atom. The molecule has 0 spiro atoms. The van der Waals surface area contributed by atoms with Gasteiger partial charge in [-0.25, -0.2) is 0 Å². The fraction of sp³-hybridized carbons (Fsp3) is 0.172. The van der Waals surface area contributed by atoms with Crippen molar-refractivity contribution in [2.24, 2.45) is 0 Å². The fourth-order valence-electron chi connectivity index (χ4n) is 4.49. The molecule has 5 heteroatoms. The number of rotatable bonds is 6. The molecule has 1 atom stereocenters. The number of aryl methyl sites for hydroxylation is 2. The van der Waals surface area contributed by atoms with Crippen LogP contribution in [0.25, 0.3) is 11.0 Å². The maximum Gasteiger partial charge on any atom is 0.291 e. The predicted octanol–water partition coefficient (Wildman–Crippen LogP) is 5.72. The topological polar surface area (TPSA) is 59.8 Å². The lowest BCUT2D eigenvalue weighted by atomic mass is 9.97. The summed E-state index contributed by atoms with van der Waals surface area (Å²) in [6, 6.07) is 20.3. The van der Waals surface area contributed by atoms with Crippen LogP contribution in [0, 0.1) is 13.8 Å². The van der Waals surface area contributed by atoms with Gasteiger partial charge in [0.05, 0.1) is 17.0 Å². The molecule has 170 valence electrons. The number of hydrogen-bond donors (Lipinski definition) is 0. The van der Waals surface area contributed by atoms with Gasteiger partial charge in [-0.3, -0.25) is 9.59 Å². The first kappa shape index (κ1) is 21.7. The second-order valence-corrected chi connectivity index (χ2v) is 8.60. The molecule has 0 bridgehead atoms. The highest BCUT2D eigenvalue weighted by Gasteiger charge is 2.42. The maximum atomic E-state index is 13.8. The van der Waals surface area contributed by atoms with Crippen molar-refractivity contribution < 1.29 is 13.9 Å². The van der Waals surface area contributed by atoms with E-state index in [0.717, 1.165) is 22.3 Å². The molecule has 0 saturated heterocycles. The van der Waals surface area contributed by atoms with Gasteiger partial charge in [0, 0.05) is 6.54 Å². The van der Waals surface area contributed by atoms with Crippen LogP contribution >= 0.6 is 0 Å². The molecular weight excluding hydrogens is 426 g/mol. The van der Waals surface area contributed by atoms with Crippen molar-refractivity contribution in [2.75, 3.05) is 6.61 Å². The van der Waals surface area contributed by atoms with E-state index in [4.69, 9.17) is 9.15 Å². The second-order valence-electron chi connectivity index (χ2n) is 8.60. The quantitative estimate of drug-likeness (QED) is 0.352. The molecule has 1 amide bonds. The molecule has 34 heavy (non-hydrogen) atoms. The van der Waals surface area contributed by atoms with Gasteiger partial charge < -0.3 is 14.1 Å². The summed E-state index contributed by atoms with van der Waals surface area (Å²) in [6.07, 6.45) is 1.67. The Morgan fingerprint density at radius 3 is 2.53 bits per heavy atom. The molecule has 3 aromatic carbocycles. The van der Waals surface area contributed by atoms with Gasteiger partial charge in [0.15, 0.2) is 5.43 Å². The number of nitrogens with zero attached hydrogens (tertiary/aromatic N) is 1. The summed E-state index contributed by atoms with van der Waals surface area (Å²) in [5.74, 6) is 0.465. The van der Waals surface area contributed by atoms with Crippen molar-refractivity contribution in [3.8, 4) is 5.75 Å². The molecule has 2 heterocycles. The molecule has 5 nitrogen and oxygen atoms in total. The lowest BCUT2D eigenvalue weighted by Gasteiger charge is -2.25. The summed E-state index contributed by atoms with van der Waals surface area (Å²) in [5.41, 5.74) is 4.40. The van der Waals surface area contributed by atoms with E-state index in [1.807, 2.05) is 80.6 Å². The number of amides is 1.